The molecule has 0 amide bonds. The zero-order valence-electron chi connectivity index (χ0n) is 8.10. The predicted octanol–water partition coefficient (Wildman–Crippen LogP) is 0.939. The molecule has 0 saturated heterocycles. The lowest BCUT2D eigenvalue weighted by Gasteiger charge is -2.04. The lowest BCUT2D eigenvalue weighted by atomic mass is 10.3. The lowest BCUT2D eigenvalue weighted by Crippen LogP contribution is -2.06. The van der Waals surface area contributed by atoms with Crippen molar-refractivity contribution in [2.24, 2.45) is 0 Å². The molecule has 1 aromatic rings. The summed E-state index contributed by atoms with van der Waals surface area (Å²) in [4.78, 5) is 10.4. The fourth-order valence-corrected chi connectivity index (χ4v) is 1.61. The third-order valence-corrected chi connectivity index (χ3v) is 2.41. The Kier molecular flexibility index (Phi) is 2.23. The van der Waals surface area contributed by atoms with E-state index >= 15 is 0 Å². The summed E-state index contributed by atoms with van der Waals surface area (Å²) in [5.74, 6) is 0.924. The summed E-state index contributed by atoms with van der Waals surface area (Å²) in [6, 6.07) is 0.522. The van der Waals surface area contributed by atoms with Crippen LogP contribution in [0, 0.1) is 6.92 Å². The third-order valence-electron chi connectivity index (χ3n) is 2.41. The molecule has 0 bridgehead atoms. The second-order valence-electron chi connectivity index (χ2n) is 3.66. The Morgan fingerprint density at radius 1 is 1.57 bits per heavy atom. The number of hydrogen-bond donors (Lipinski definition) is 1. The molecule has 0 radical (unpaired) electrons. The minimum absolute atomic E-state index is 0.130. The first-order chi connectivity index (χ1) is 6.68. The van der Waals surface area contributed by atoms with Crippen LogP contribution in [0.25, 0.3) is 0 Å². The summed E-state index contributed by atoms with van der Waals surface area (Å²) in [6.07, 6.45) is 2.94. The van der Waals surface area contributed by atoms with Crippen molar-refractivity contribution in [3.8, 4) is 0 Å². The van der Waals surface area contributed by atoms with Gasteiger partial charge in [0.2, 0.25) is 0 Å². The first-order valence-corrected chi connectivity index (χ1v) is 4.80. The minimum atomic E-state index is -0.784. The van der Waals surface area contributed by atoms with E-state index < -0.39 is 5.97 Å². The van der Waals surface area contributed by atoms with Crippen molar-refractivity contribution in [3.05, 3.63) is 11.6 Å². The molecule has 0 spiro atoms. The van der Waals surface area contributed by atoms with Crippen molar-refractivity contribution in [1.82, 2.24) is 14.8 Å². The zero-order chi connectivity index (χ0) is 10.1. The number of nitrogens with zero attached hydrogens (tertiary/aromatic N) is 3. The SMILES string of the molecule is Cc1nnc(CCC(=O)O)n1C1CC1. The highest BCUT2D eigenvalue weighted by Crippen LogP contribution is 2.36. The molecule has 1 aliphatic rings. The molecular weight excluding hydrogens is 182 g/mol. The third kappa shape index (κ3) is 1.76. The molecular formula is C9H13N3O2. The molecule has 1 aromatic heterocycles. The Morgan fingerprint density at radius 3 is 2.86 bits per heavy atom. The molecule has 76 valence electrons. The molecule has 5 heteroatoms. The summed E-state index contributed by atoms with van der Waals surface area (Å²) in [7, 11) is 0. The molecule has 0 aromatic carbocycles. The number of aromatic nitrogens is 3. The predicted molar refractivity (Wildman–Crippen MR) is 49.0 cm³/mol. The fraction of sp³-hybridized carbons (Fsp3) is 0.667. The molecule has 0 atom stereocenters. The van der Waals surface area contributed by atoms with E-state index in [4.69, 9.17) is 5.11 Å². The number of aliphatic carboxylic acids is 1. The normalized spacial score (nSPS) is 15.8. The van der Waals surface area contributed by atoms with E-state index in [1.54, 1.807) is 0 Å². The molecule has 1 heterocycles. The molecule has 1 saturated carbocycles. The smallest absolute Gasteiger partial charge is 0.303 e. The van der Waals surface area contributed by atoms with Crippen molar-refractivity contribution in [2.45, 2.75) is 38.6 Å². The molecule has 0 aliphatic heterocycles. The molecule has 1 fully saturated rings. The maximum atomic E-state index is 10.4. The standard InChI is InChI=1S/C9H13N3O2/c1-6-10-11-8(4-5-9(13)14)12(6)7-2-3-7/h7H,2-5H2,1H3,(H,13,14). The van der Waals surface area contributed by atoms with E-state index in [9.17, 15) is 4.79 Å². The van der Waals surface area contributed by atoms with E-state index in [0.29, 0.717) is 12.5 Å². The van der Waals surface area contributed by atoms with Gasteiger partial charge in [-0.1, -0.05) is 0 Å². The summed E-state index contributed by atoms with van der Waals surface area (Å²) >= 11 is 0. The van der Waals surface area contributed by atoms with Crippen LogP contribution in [-0.2, 0) is 11.2 Å². The van der Waals surface area contributed by atoms with Crippen LogP contribution < -0.4 is 0 Å². The van der Waals surface area contributed by atoms with Gasteiger partial charge in [0.1, 0.15) is 11.6 Å². The van der Waals surface area contributed by atoms with Crippen LogP contribution in [0.5, 0.6) is 0 Å². The summed E-state index contributed by atoms with van der Waals surface area (Å²) in [6.45, 7) is 1.91. The van der Waals surface area contributed by atoms with Crippen molar-refractivity contribution >= 4 is 5.97 Å². The van der Waals surface area contributed by atoms with Crippen LogP contribution in [-0.4, -0.2) is 25.8 Å². The second-order valence-corrected chi connectivity index (χ2v) is 3.66. The van der Waals surface area contributed by atoms with Gasteiger partial charge in [-0.05, 0) is 19.8 Å². The van der Waals surface area contributed by atoms with Gasteiger partial charge in [0.25, 0.3) is 0 Å². The molecule has 14 heavy (non-hydrogen) atoms. The van der Waals surface area contributed by atoms with Gasteiger partial charge < -0.3 is 9.67 Å². The van der Waals surface area contributed by atoms with E-state index in [2.05, 4.69) is 14.8 Å². The van der Waals surface area contributed by atoms with Crippen LogP contribution in [0.2, 0.25) is 0 Å². The van der Waals surface area contributed by atoms with Crippen molar-refractivity contribution in [1.29, 1.82) is 0 Å². The average Bonchev–Trinajstić information content (AvgIpc) is 2.88. The van der Waals surface area contributed by atoms with Crippen LogP contribution in [0.4, 0.5) is 0 Å². The van der Waals surface area contributed by atoms with Crippen LogP contribution in [0.3, 0.4) is 0 Å². The first kappa shape index (κ1) is 9.18. The second kappa shape index (κ2) is 3.40. The lowest BCUT2D eigenvalue weighted by molar-refractivity contribution is -0.137. The highest BCUT2D eigenvalue weighted by atomic mass is 16.4. The summed E-state index contributed by atoms with van der Waals surface area (Å²) in [5.41, 5.74) is 0. The quantitative estimate of drug-likeness (QED) is 0.776. The number of carbonyl (C=O) groups is 1. The van der Waals surface area contributed by atoms with Crippen molar-refractivity contribution in [2.75, 3.05) is 0 Å². The van der Waals surface area contributed by atoms with Crippen LogP contribution in [0.1, 0.15) is 37.0 Å². The monoisotopic (exact) mass is 195 g/mol. The zero-order valence-corrected chi connectivity index (χ0v) is 8.10. The van der Waals surface area contributed by atoms with E-state index in [1.807, 2.05) is 6.92 Å². The average molecular weight is 195 g/mol. The molecule has 1 N–H and O–H groups in total. The van der Waals surface area contributed by atoms with E-state index in [-0.39, 0.29) is 6.42 Å². The van der Waals surface area contributed by atoms with Gasteiger partial charge in [0.05, 0.1) is 6.42 Å². The Balaban J connectivity index is 2.12. The fourth-order valence-electron chi connectivity index (χ4n) is 1.61. The Bertz CT molecular complexity index is 355. The first-order valence-electron chi connectivity index (χ1n) is 4.80. The Hall–Kier alpha value is -1.39. The maximum Gasteiger partial charge on any atom is 0.303 e. The molecule has 1 aliphatic carbocycles. The topological polar surface area (TPSA) is 68.0 Å². The van der Waals surface area contributed by atoms with Gasteiger partial charge in [-0.2, -0.15) is 0 Å². The van der Waals surface area contributed by atoms with Gasteiger partial charge >= 0.3 is 5.97 Å². The summed E-state index contributed by atoms with van der Waals surface area (Å²) < 4.78 is 2.07. The number of hydrogen-bond acceptors (Lipinski definition) is 3. The number of carboxylic acids is 1. The Morgan fingerprint density at radius 2 is 2.29 bits per heavy atom. The number of carboxylic acid groups (broad SMARTS) is 1. The van der Waals surface area contributed by atoms with Gasteiger partial charge in [-0.3, -0.25) is 4.79 Å². The molecule has 0 unspecified atom stereocenters. The van der Waals surface area contributed by atoms with Crippen LogP contribution in [0.15, 0.2) is 0 Å². The maximum absolute atomic E-state index is 10.4. The van der Waals surface area contributed by atoms with Gasteiger partial charge in [-0.15, -0.1) is 10.2 Å². The molecule has 5 nitrogen and oxygen atoms in total. The highest BCUT2D eigenvalue weighted by molar-refractivity contribution is 5.66. The molecule has 2 rings (SSSR count). The van der Waals surface area contributed by atoms with Gasteiger partial charge in [0.15, 0.2) is 0 Å². The van der Waals surface area contributed by atoms with Crippen LogP contribution >= 0.6 is 0 Å². The Labute approximate surface area is 81.8 Å². The van der Waals surface area contributed by atoms with Crippen molar-refractivity contribution < 1.29 is 9.90 Å². The van der Waals surface area contributed by atoms with Gasteiger partial charge in [-0.25, -0.2) is 0 Å². The highest BCUT2D eigenvalue weighted by Gasteiger charge is 2.27. The van der Waals surface area contributed by atoms with Crippen molar-refractivity contribution in [3.63, 3.8) is 0 Å². The van der Waals surface area contributed by atoms with Gasteiger partial charge in [0, 0.05) is 12.5 Å². The largest absolute Gasteiger partial charge is 0.481 e. The minimum Gasteiger partial charge on any atom is -0.481 e. The van der Waals surface area contributed by atoms with E-state index in [0.717, 1.165) is 11.6 Å². The summed E-state index contributed by atoms with van der Waals surface area (Å²) in [5, 5.41) is 16.5. The number of aryl methyl sites for hydroxylation is 2. The van der Waals surface area contributed by atoms with E-state index in [1.165, 1.54) is 12.8 Å². The number of rotatable bonds is 4.